The van der Waals surface area contributed by atoms with Gasteiger partial charge < -0.3 is 33.2 Å². The first-order chi connectivity index (χ1) is 15.1. The molecule has 8 nitrogen and oxygen atoms in total. The van der Waals surface area contributed by atoms with Gasteiger partial charge in [0.25, 0.3) is 0 Å². The van der Waals surface area contributed by atoms with Gasteiger partial charge in [0.1, 0.15) is 6.29 Å². The molecule has 1 aliphatic heterocycles. The van der Waals surface area contributed by atoms with E-state index in [0.717, 1.165) is 23.0 Å². The van der Waals surface area contributed by atoms with Crippen LogP contribution in [0.25, 0.3) is 0 Å². The summed E-state index contributed by atoms with van der Waals surface area (Å²) in [5.74, 6) is 0.341. The van der Waals surface area contributed by atoms with E-state index in [1.807, 2.05) is 12.1 Å². The van der Waals surface area contributed by atoms with E-state index in [2.05, 4.69) is 0 Å². The standard InChI is InChI=1S/C23H24O8/c1-26-18-7-13(8-19(27-2)22(18)28-3)20-15-9-17-16(30-11-31-17)6-12(15)5-14(10-24)21(20)23(25)29-4/h6-10,14,20-21H,5,11H2,1-4H3/t14?,20-,21-/m1/s1. The van der Waals surface area contributed by atoms with Gasteiger partial charge in [0, 0.05) is 11.8 Å². The number of esters is 1. The molecule has 4 rings (SSSR count). The molecule has 8 heteroatoms. The highest BCUT2D eigenvalue weighted by Crippen LogP contribution is 2.50. The van der Waals surface area contributed by atoms with E-state index < -0.39 is 23.7 Å². The first kappa shape index (κ1) is 20.8. The smallest absolute Gasteiger partial charge is 0.310 e. The minimum atomic E-state index is -0.724. The Hall–Kier alpha value is -3.42. The number of benzene rings is 2. The Balaban J connectivity index is 1.96. The van der Waals surface area contributed by atoms with Crippen molar-refractivity contribution in [2.24, 2.45) is 11.8 Å². The van der Waals surface area contributed by atoms with Crippen LogP contribution in [0, 0.1) is 11.8 Å². The maximum Gasteiger partial charge on any atom is 0.310 e. The molecule has 0 amide bonds. The topological polar surface area (TPSA) is 89.5 Å². The molecule has 1 aliphatic carbocycles. The molecule has 0 saturated heterocycles. The summed E-state index contributed by atoms with van der Waals surface area (Å²) in [6.45, 7) is 0.130. The zero-order chi connectivity index (χ0) is 22.1. The quantitative estimate of drug-likeness (QED) is 0.513. The molecule has 3 atom stereocenters. The predicted molar refractivity (Wildman–Crippen MR) is 109 cm³/mol. The number of methoxy groups -OCH3 is 4. The lowest BCUT2D eigenvalue weighted by atomic mass is 9.66. The summed E-state index contributed by atoms with van der Waals surface area (Å²) in [6, 6.07) is 7.35. The molecule has 0 spiro atoms. The Morgan fingerprint density at radius 2 is 1.61 bits per heavy atom. The normalized spacial score (nSPS) is 21.1. The third-order valence-corrected chi connectivity index (χ3v) is 5.94. The van der Waals surface area contributed by atoms with Crippen LogP contribution in [0.1, 0.15) is 22.6 Å². The molecule has 2 aromatic carbocycles. The fourth-order valence-electron chi connectivity index (χ4n) is 4.54. The predicted octanol–water partition coefficient (Wildman–Crippen LogP) is 2.73. The number of carbonyl (C=O) groups is 2. The summed E-state index contributed by atoms with van der Waals surface area (Å²) >= 11 is 0. The molecular formula is C23H24O8. The van der Waals surface area contributed by atoms with Gasteiger partial charge in [-0.25, -0.2) is 0 Å². The van der Waals surface area contributed by atoms with Crippen molar-refractivity contribution < 1.29 is 38.0 Å². The van der Waals surface area contributed by atoms with Crippen LogP contribution in [0.5, 0.6) is 28.7 Å². The summed E-state index contributed by atoms with van der Waals surface area (Å²) < 4.78 is 32.6. The highest BCUT2D eigenvalue weighted by Gasteiger charge is 2.44. The lowest BCUT2D eigenvalue weighted by Gasteiger charge is -2.36. The fraction of sp³-hybridized carbons (Fsp3) is 0.391. The number of rotatable bonds is 6. The zero-order valence-electron chi connectivity index (χ0n) is 17.8. The third-order valence-electron chi connectivity index (χ3n) is 5.94. The molecule has 0 fully saturated rings. The van der Waals surface area contributed by atoms with Gasteiger partial charge in [0.2, 0.25) is 12.5 Å². The van der Waals surface area contributed by atoms with E-state index >= 15 is 0 Å². The van der Waals surface area contributed by atoms with Gasteiger partial charge >= 0.3 is 5.97 Å². The average Bonchev–Trinajstić information content (AvgIpc) is 3.27. The monoisotopic (exact) mass is 428 g/mol. The van der Waals surface area contributed by atoms with E-state index in [1.54, 1.807) is 12.1 Å². The second-order valence-corrected chi connectivity index (χ2v) is 7.39. The summed E-state index contributed by atoms with van der Waals surface area (Å²) in [5.41, 5.74) is 2.52. The molecule has 1 heterocycles. The van der Waals surface area contributed by atoms with Crippen molar-refractivity contribution in [3.05, 3.63) is 41.0 Å². The van der Waals surface area contributed by atoms with Crippen LogP contribution in [0.2, 0.25) is 0 Å². The van der Waals surface area contributed by atoms with Gasteiger partial charge in [-0.05, 0) is 47.4 Å². The Morgan fingerprint density at radius 1 is 0.968 bits per heavy atom. The van der Waals surface area contributed by atoms with E-state index in [1.165, 1.54) is 28.4 Å². The van der Waals surface area contributed by atoms with E-state index in [9.17, 15) is 9.59 Å². The molecule has 31 heavy (non-hydrogen) atoms. The average molecular weight is 428 g/mol. The number of hydrogen-bond acceptors (Lipinski definition) is 8. The minimum absolute atomic E-state index is 0.130. The van der Waals surface area contributed by atoms with Gasteiger partial charge in [-0.1, -0.05) is 0 Å². The molecule has 2 aromatic rings. The molecule has 164 valence electrons. The molecule has 0 aromatic heterocycles. The zero-order valence-corrected chi connectivity index (χ0v) is 17.8. The van der Waals surface area contributed by atoms with Crippen molar-refractivity contribution in [2.75, 3.05) is 35.2 Å². The first-order valence-electron chi connectivity index (χ1n) is 9.81. The van der Waals surface area contributed by atoms with Gasteiger partial charge in [0.15, 0.2) is 23.0 Å². The molecule has 0 radical (unpaired) electrons. The van der Waals surface area contributed by atoms with Crippen LogP contribution in [0.4, 0.5) is 0 Å². The van der Waals surface area contributed by atoms with E-state index in [-0.39, 0.29) is 6.79 Å². The lowest BCUT2D eigenvalue weighted by Crippen LogP contribution is -2.37. The largest absolute Gasteiger partial charge is 0.493 e. The van der Waals surface area contributed by atoms with Gasteiger partial charge in [-0.3, -0.25) is 4.79 Å². The van der Waals surface area contributed by atoms with Gasteiger partial charge in [-0.2, -0.15) is 0 Å². The maximum absolute atomic E-state index is 12.9. The number of ether oxygens (including phenoxy) is 6. The van der Waals surface area contributed by atoms with Crippen LogP contribution < -0.4 is 23.7 Å². The second-order valence-electron chi connectivity index (χ2n) is 7.39. The molecular weight excluding hydrogens is 404 g/mol. The molecule has 0 N–H and O–H groups in total. The third kappa shape index (κ3) is 3.41. The summed E-state index contributed by atoms with van der Waals surface area (Å²) in [6.07, 6.45) is 1.22. The van der Waals surface area contributed by atoms with E-state index in [4.69, 9.17) is 28.4 Å². The Bertz CT molecular complexity index is 990. The highest BCUT2D eigenvalue weighted by atomic mass is 16.7. The molecule has 0 saturated carbocycles. The maximum atomic E-state index is 12.9. The second kappa shape index (κ2) is 8.37. The van der Waals surface area contributed by atoms with Crippen molar-refractivity contribution in [1.29, 1.82) is 0 Å². The van der Waals surface area contributed by atoms with Crippen LogP contribution >= 0.6 is 0 Å². The highest BCUT2D eigenvalue weighted by molar-refractivity contribution is 5.80. The molecule has 2 aliphatic rings. The molecule has 1 unspecified atom stereocenters. The van der Waals surface area contributed by atoms with Crippen molar-refractivity contribution >= 4 is 12.3 Å². The SMILES string of the molecule is COC(=O)[C@@H]1C(C=O)Cc2cc3c(cc2[C@H]1c1cc(OC)c(OC)c(OC)c1)OCO3. The Kier molecular flexibility index (Phi) is 5.63. The lowest BCUT2D eigenvalue weighted by molar-refractivity contribution is -0.149. The van der Waals surface area contributed by atoms with Crippen LogP contribution in [0.3, 0.4) is 0 Å². The molecule has 0 bridgehead atoms. The van der Waals surface area contributed by atoms with Gasteiger partial charge in [0.05, 0.1) is 34.4 Å². The summed E-state index contributed by atoms with van der Waals surface area (Å²) in [5, 5.41) is 0. The minimum Gasteiger partial charge on any atom is -0.493 e. The van der Waals surface area contributed by atoms with E-state index in [0.29, 0.717) is 35.2 Å². The number of aldehydes is 1. The van der Waals surface area contributed by atoms with Crippen molar-refractivity contribution in [3.63, 3.8) is 0 Å². The summed E-state index contributed by atoms with van der Waals surface area (Å²) in [7, 11) is 5.90. The first-order valence-corrected chi connectivity index (χ1v) is 9.81. The van der Waals surface area contributed by atoms with Crippen molar-refractivity contribution in [2.45, 2.75) is 12.3 Å². The number of fused-ring (bicyclic) bond motifs is 2. The number of hydrogen-bond donors (Lipinski definition) is 0. The summed E-state index contributed by atoms with van der Waals surface area (Å²) in [4.78, 5) is 24.9. The fourth-order valence-corrected chi connectivity index (χ4v) is 4.54. The number of carbonyl (C=O) groups excluding carboxylic acids is 2. The van der Waals surface area contributed by atoms with Crippen LogP contribution in [0.15, 0.2) is 24.3 Å². The van der Waals surface area contributed by atoms with Crippen molar-refractivity contribution in [1.82, 2.24) is 0 Å². The Morgan fingerprint density at radius 3 is 2.16 bits per heavy atom. The van der Waals surface area contributed by atoms with Crippen LogP contribution in [-0.2, 0) is 20.7 Å². The Labute approximate surface area is 179 Å². The van der Waals surface area contributed by atoms with Gasteiger partial charge in [-0.15, -0.1) is 0 Å². The van der Waals surface area contributed by atoms with Crippen LogP contribution in [-0.4, -0.2) is 47.5 Å². The van der Waals surface area contributed by atoms with Crippen molar-refractivity contribution in [3.8, 4) is 28.7 Å².